The maximum Gasteiger partial charge on any atom is 0.352 e. The zero-order valence-electron chi connectivity index (χ0n) is 14.5. The molecule has 2 heterocycles. The van der Waals surface area contributed by atoms with E-state index in [-0.39, 0.29) is 36.3 Å². The van der Waals surface area contributed by atoms with Crippen molar-refractivity contribution in [1.29, 1.82) is 0 Å². The number of aliphatic hydroxyl groups is 1. The van der Waals surface area contributed by atoms with Crippen LogP contribution in [0, 0.1) is 0 Å². The van der Waals surface area contributed by atoms with E-state index < -0.39 is 47.5 Å². The van der Waals surface area contributed by atoms with E-state index in [2.05, 4.69) is 5.32 Å². The van der Waals surface area contributed by atoms with E-state index in [4.69, 9.17) is 15.6 Å². The number of aliphatic hydroxyl groups excluding tert-OH is 1. The van der Waals surface area contributed by atoms with Crippen molar-refractivity contribution < 1.29 is 39.2 Å². The summed E-state index contributed by atoms with van der Waals surface area (Å²) in [6, 6.07) is -1.08. The number of carbonyl (C=O) groups is 4. The summed E-state index contributed by atoms with van der Waals surface area (Å²) in [5, 5.41) is 29.1. The Balaban J connectivity index is 2.08. The lowest BCUT2D eigenvalue weighted by Crippen LogP contribution is -2.80. The molecule has 150 valence electrons. The predicted octanol–water partition coefficient (Wildman–Crippen LogP) is -1.73. The molecule has 27 heavy (non-hydrogen) atoms. The number of aliphatic carboxylic acids is 2. The molecule has 11 nitrogen and oxygen atoms in total. The average Bonchev–Trinajstić information content (AvgIpc) is 2.63. The van der Waals surface area contributed by atoms with Gasteiger partial charge in [0.15, 0.2) is 0 Å². The number of carboxylic acid groups (broad SMARTS) is 2. The molecule has 0 aliphatic carbocycles. The molecule has 6 N–H and O–H groups in total. The van der Waals surface area contributed by atoms with Gasteiger partial charge in [0.05, 0.1) is 6.61 Å². The Morgan fingerprint density at radius 1 is 1.44 bits per heavy atom. The minimum Gasteiger partial charge on any atom is -0.480 e. The summed E-state index contributed by atoms with van der Waals surface area (Å²) in [5.74, 6) is -3.64. The molecule has 0 bridgehead atoms. The lowest BCUT2D eigenvalue weighted by Gasteiger charge is -2.55. The van der Waals surface area contributed by atoms with E-state index in [1.54, 1.807) is 0 Å². The summed E-state index contributed by atoms with van der Waals surface area (Å²) in [7, 11) is 1.22. The summed E-state index contributed by atoms with van der Waals surface area (Å²) in [4.78, 5) is 48.0. The van der Waals surface area contributed by atoms with Crippen molar-refractivity contribution in [2.45, 2.75) is 36.4 Å². The highest BCUT2D eigenvalue weighted by Gasteiger charge is 2.66. The number of fused-ring (bicyclic) bond motifs is 1. The third-order valence-corrected chi connectivity index (χ3v) is 5.76. The first-order valence-electron chi connectivity index (χ1n) is 8.05. The van der Waals surface area contributed by atoms with Gasteiger partial charge >= 0.3 is 11.9 Å². The van der Waals surface area contributed by atoms with Crippen LogP contribution in [0.1, 0.15) is 19.3 Å². The van der Waals surface area contributed by atoms with Crippen molar-refractivity contribution in [2.24, 2.45) is 5.73 Å². The van der Waals surface area contributed by atoms with Crippen LogP contribution in [0.3, 0.4) is 0 Å². The lowest BCUT2D eigenvalue weighted by molar-refractivity contribution is -0.192. The maximum absolute atomic E-state index is 12.6. The van der Waals surface area contributed by atoms with E-state index in [0.29, 0.717) is 0 Å². The molecule has 12 heteroatoms. The second-order valence-corrected chi connectivity index (χ2v) is 7.15. The molecule has 2 unspecified atom stereocenters. The summed E-state index contributed by atoms with van der Waals surface area (Å²) < 4.78 is 5.25. The van der Waals surface area contributed by atoms with Gasteiger partial charge in [-0.15, -0.1) is 11.8 Å². The van der Waals surface area contributed by atoms with E-state index in [0.717, 1.165) is 16.7 Å². The Hall–Kier alpha value is -2.15. The number of nitrogens with zero attached hydrogens (tertiary/aromatic N) is 1. The Kier molecular flexibility index (Phi) is 6.46. The van der Waals surface area contributed by atoms with E-state index in [9.17, 15) is 29.4 Å². The molecule has 3 atom stereocenters. The minimum absolute atomic E-state index is 0.0692. The number of thioether (sulfide) groups is 1. The number of carboxylic acids is 2. The highest BCUT2D eigenvalue weighted by Crippen LogP contribution is 2.46. The van der Waals surface area contributed by atoms with Crippen LogP contribution in [0.2, 0.25) is 0 Å². The van der Waals surface area contributed by atoms with Crippen molar-refractivity contribution in [2.75, 3.05) is 19.5 Å². The molecular weight excluding hydrogens is 382 g/mol. The molecule has 2 amide bonds. The molecular formula is C15H21N3O8S. The number of rotatable bonds is 9. The minimum atomic E-state index is -1.71. The van der Waals surface area contributed by atoms with Gasteiger partial charge in [0.2, 0.25) is 5.91 Å². The molecule has 0 radical (unpaired) electrons. The molecule has 0 aromatic rings. The number of amides is 2. The SMILES string of the molecule is COC1(NC(=O)CCCC(N)C(=O)O)C(=O)N2C(C(=O)O)=C(CO)CS[C@@H]21. The number of hydrogen-bond donors (Lipinski definition) is 5. The highest BCUT2D eigenvalue weighted by atomic mass is 32.2. The van der Waals surface area contributed by atoms with E-state index in [1.165, 1.54) is 7.11 Å². The maximum atomic E-state index is 12.6. The van der Waals surface area contributed by atoms with Gasteiger partial charge in [0.1, 0.15) is 17.1 Å². The van der Waals surface area contributed by atoms with Crippen molar-refractivity contribution in [3.8, 4) is 0 Å². The van der Waals surface area contributed by atoms with Crippen LogP contribution in [0.4, 0.5) is 0 Å². The molecule has 2 rings (SSSR count). The number of methoxy groups -OCH3 is 1. The summed E-state index contributed by atoms with van der Waals surface area (Å²) in [6.45, 7) is -0.499. The first-order valence-corrected chi connectivity index (χ1v) is 9.10. The summed E-state index contributed by atoms with van der Waals surface area (Å²) in [6.07, 6.45) is 0.219. The fourth-order valence-electron chi connectivity index (χ4n) is 2.94. The van der Waals surface area contributed by atoms with Gasteiger partial charge < -0.3 is 31.1 Å². The van der Waals surface area contributed by atoms with Crippen LogP contribution in [0.5, 0.6) is 0 Å². The van der Waals surface area contributed by atoms with Gasteiger partial charge in [-0.2, -0.15) is 0 Å². The largest absolute Gasteiger partial charge is 0.480 e. The highest BCUT2D eigenvalue weighted by molar-refractivity contribution is 8.00. The number of β-lactam (4-membered cyclic amide) rings is 1. The van der Waals surface area contributed by atoms with Gasteiger partial charge in [-0.05, 0) is 18.4 Å². The summed E-state index contributed by atoms with van der Waals surface area (Å²) >= 11 is 1.16. The number of carbonyl (C=O) groups excluding carboxylic acids is 2. The van der Waals surface area contributed by atoms with E-state index >= 15 is 0 Å². The molecule has 0 aromatic heterocycles. The van der Waals surface area contributed by atoms with Gasteiger partial charge in [-0.1, -0.05) is 0 Å². The topological polar surface area (TPSA) is 179 Å². The van der Waals surface area contributed by atoms with Crippen molar-refractivity contribution >= 4 is 35.5 Å². The van der Waals surface area contributed by atoms with Crippen LogP contribution in [0.25, 0.3) is 0 Å². The fourth-order valence-corrected chi connectivity index (χ4v) is 4.37. The zero-order valence-corrected chi connectivity index (χ0v) is 15.3. The van der Waals surface area contributed by atoms with Crippen molar-refractivity contribution in [1.82, 2.24) is 10.2 Å². The third kappa shape index (κ3) is 3.78. The van der Waals surface area contributed by atoms with Crippen molar-refractivity contribution in [3.05, 3.63) is 11.3 Å². The lowest BCUT2D eigenvalue weighted by atomic mass is 9.97. The standard InChI is InChI=1S/C15H21N3O8S/c1-26-15(17-9(20)4-2-3-8(16)11(21)22)13(25)18-10(12(23)24)7(5-19)6-27-14(15)18/h8,14,19H,2-6,16H2,1H3,(H,17,20)(H,21,22)(H,23,24)/t8?,14-,15?/m1/s1. The van der Waals surface area contributed by atoms with Gasteiger partial charge in [-0.25, -0.2) is 4.79 Å². The van der Waals surface area contributed by atoms with Crippen LogP contribution in [-0.4, -0.2) is 80.6 Å². The Morgan fingerprint density at radius 3 is 2.63 bits per heavy atom. The molecule has 0 aromatic carbocycles. The smallest absolute Gasteiger partial charge is 0.352 e. The Labute approximate surface area is 158 Å². The molecule has 1 fully saturated rings. The zero-order chi connectivity index (χ0) is 20.4. The Morgan fingerprint density at radius 2 is 2.11 bits per heavy atom. The quantitative estimate of drug-likeness (QED) is 0.219. The van der Waals surface area contributed by atoms with Crippen LogP contribution in [-0.2, 0) is 23.9 Å². The molecule has 2 aliphatic rings. The number of nitrogens with one attached hydrogen (secondary N) is 1. The first kappa shape index (κ1) is 21.2. The second-order valence-electron chi connectivity index (χ2n) is 6.08. The van der Waals surface area contributed by atoms with Crippen LogP contribution >= 0.6 is 11.8 Å². The monoisotopic (exact) mass is 403 g/mol. The molecule has 2 aliphatic heterocycles. The first-order chi connectivity index (χ1) is 12.7. The number of ether oxygens (including phenoxy) is 1. The predicted molar refractivity (Wildman–Crippen MR) is 92.2 cm³/mol. The second kappa shape index (κ2) is 8.25. The number of nitrogens with two attached hydrogens (primary N) is 1. The van der Waals surface area contributed by atoms with E-state index in [1.807, 2.05) is 0 Å². The third-order valence-electron chi connectivity index (χ3n) is 4.39. The van der Waals surface area contributed by atoms with Crippen LogP contribution in [0.15, 0.2) is 11.3 Å². The summed E-state index contributed by atoms with van der Waals surface area (Å²) in [5.41, 5.74) is 3.56. The molecule has 1 saturated heterocycles. The van der Waals surface area contributed by atoms with Crippen molar-refractivity contribution in [3.63, 3.8) is 0 Å². The average molecular weight is 403 g/mol. The van der Waals surface area contributed by atoms with Gasteiger partial charge in [-0.3, -0.25) is 19.3 Å². The van der Waals surface area contributed by atoms with Crippen LogP contribution < -0.4 is 11.1 Å². The van der Waals surface area contributed by atoms with Gasteiger partial charge in [0, 0.05) is 19.3 Å². The normalized spacial score (nSPS) is 25.5. The fraction of sp³-hybridized carbons (Fsp3) is 0.600. The molecule has 0 saturated carbocycles. The Bertz CT molecular complexity index is 697. The molecule has 0 spiro atoms. The number of hydrogen-bond acceptors (Lipinski definition) is 8. The van der Waals surface area contributed by atoms with Gasteiger partial charge in [0.25, 0.3) is 11.6 Å².